The van der Waals surface area contributed by atoms with Crippen molar-refractivity contribution in [2.75, 3.05) is 7.11 Å². The average Bonchev–Trinajstić information content (AvgIpc) is 0.784. The summed E-state index contributed by atoms with van der Waals surface area (Å²) in [5.41, 5.74) is 11.1. The highest BCUT2D eigenvalue weighted by Crippen LogP contribution is 2.48. The van der Waals surface area contributed by atoms with Crippen molar-refractivity contribution in [3.8, 4) is 80.1 Å². The maximum atomic E-state index is 16.0. The number of benzene rings is 7. The smallest absolute Gasteiger partial charge is 0.333 e. The number of hydrogen-bond acceptors (Lipinski definition) is 23. The Morgan fingerprint density at radius 2 is 1.06 bits per heavy atom. The van der Waals surface area contributed by atoms with E-state index in [4.69, 9.17) is 39.9 Å². The molecule has 0 unspecified atom stereocenters. The van der Waals surface area contributed by atoms with Gasteiger partial charge in [-0.3, -0.25) is 28.8 Å². The summed E-state index contributed by atoms with van der Waals surface area (Å²) >= 11 is 0. The minimum absolute atomic E-state index is 0.00324. The van der Waals surface area contributed by atoms with Gasteiger partial charge in [-0.15, -0.1) is 0 Å². The number of amides is 6. The van der Waals surface area contributed by atoms with Gasteiger partial charge in [0.15, 0.2) is 35.3 Å². The molecule has 0 aromatic heterocycles. The van der Waals surface area contributed by atoms with E-state index < -0.39 is 172 Å². The standard InChI is InChI=1S/C66H62N8O21/c1-25-41(78)17-31-19-43(25)94-44-18-29(8-15-40(44)77)49(68)60(83)73-54-57(81)27-4-10-34(11-5-27)92-45-20-32-21-46(58(45)82)93-35-12-6-28(7-13-35)59(95-47-24-38(67)56(80)26(2)91-47)55-65(88)72-53(66(89)90-3)37-22-33(75)23-42(79)48(37)36-16-30(9-14-39(36)76)50(61(84)74-55)69-63(86)52(32)70-62(85)51(31)71-64(54)87/h4-23,26,38,47,49-57,59,75-82H,24,67-68H2,1-3H3,(H,69,86)(H,70,85)(H,71,87)(H,72,88)(H,73,83)(H,74,84)/t26-,38+,47-,49+,50+,51+,52+,53-,54-,55-,56-,57+,59+/m0/s1. The zero-order chi connectivity index (χ0) is 67.6. The van der Waals surface area contributed by atoms with Gasteiger partial charge in [-0.05, 0) is 126 Å². The predicted molar refractivity (Wildman–Crippen MR) is 327 cm³/mol. The van der Waals surface area contributed by atoms with E-state index in [0.29, 0.717) is 0 Å². The number of nitrogens with one attached hydrogen (secondary N) is 6. The number of rotatable bonds is 3. The summed E-state index contributed by atoms with van der Waals surface area (Å²) in [5.74, 6) is -13.8. The topological polar surface area (TPSA) is 461 Å². The van der Waals surface area contributed by atoms with Gasteiger partial charge in [0.2, 0.25) is 41.2 Å². The number of carbonyl (C=O) groups is 7. The molecule has 7 aromatic carbocycles. The highest BCUT2D eigenvalue weighted by atomic mass is 16.7. The molecule has 1 saturated heterocycles. The molecule has 7 aromatic rings. The lowest BCUT2D eigenvalue weighted by atomic mass is 9.89. The second-order valence-electron chi connectivity index (χ2n) is 23.3. The first kappa shape index (κ1) is 63.9. The Morgan fingerprint density at radius 1 is 0.526 bits per heavy atom. The van der Waals surface area contributed by atoms with Crippen LogP contribution < -0.4 is 57.6 Å². The maximum absolute atomic E-state index is 16.0. The summed E-state index contributed by atoms with van der Waals surface area (Å²) in [4.78, 5) is 106. The third-order valence-corrected chi connectivity index (χ3v) is 17.1. The molecular weight excluding hydrogens is 1240 g/mol. The summed E-state index contributed by atoms with van der Waals surface area (Å²) in [6.45, 7) is 2.94. The van der Waals surface area contributed by atoms with Crippen molar-refractivity contribution in [2.45, 2.75) is 99.3 Å². The highest BCUT2D eigenvalue weighted by molar-refractivity contribution is 6.00. The number of nitrogens with two attached hydrogens (primary N) is 2. The number of aliphatic hydroxyl groups excluding tert-OH is 2. The lowest BCUT2D eigenvalue weighted by Gasteiger charge is -2.39. The van der Waals surface area contributed by atoms with Crippen LogP contribution in [0.3, 0.4) is 0 Å². The molecule has 7 aliphatic heterocycles. The molecule has 17 bridgehead atoms. The molecule has 14 rings (SSSR count). The van der Waals surface area contributed by atoms with Gasteiger partial charge in [0, 0.05) is 40.8 Å². The van der Waals surface area contributed by atoms with E-state index in [9.17, 15) is 50.4 Å². The van der Waals surface area contributed by atoms with Gasteiger partial charge in [-0.25, -0.2) is 4.79 Å². The van der Waals surface area contributed by atoms with E-state index in [1.54, 1.807) is 0 Å². The summed E-state index contributed by atoms with van der Waals surface area (Å²) in [6.07, 6.45) is -7.32. The normalized spacial score (nSPS) is 25.8. The van der Waals surface area contributed by atoms with Crippen molar-refractivity contribution in [3.63, 3.8) is 0 Å². The van der Waals surface area contributed by atoms with E-state index >= 15 is 24.0 Å². The molecule has 0 radical (unpaired) electrons. The van der Waals surface area contributed by atoms with Gasteiger partial charge in [0.1, 0.15) is 88.7 Å². The van der Waals surface area contributed by atoms with Crippen molar-refractivity contribution >= 4 is 41.4 Å². The van der Waals surface area contributed by atoms with E-state index in [1.165, 1.54) is 92.7 Å². The van der Waals surface area contributed by atoms with Crippen LogP contribution >= 0.6 is 0 Å². The molecule has 0 saturated carbocycles. The Hall–Kier alpha value is -11.2. The quantitative estimate of drug-likeness (QED) is 0.113. The van der Waals surface area contributed by atoms with Crippen LogP contribution in [0, 0.1) is 6.92 Å². The largest absolute Gasteiger partial charge is 0.508 e. The number of phenolic OH excluding ortho intramolecular Hbond substituents is 6. The van der Waals surface area contributed by atoms with Gasteiger partial charge >= 0.3 is 5.97 Å². The van der Waals surface area contributed by atoms with E-state index in [1.807, 2.05) is 0 Å². The highest BCUT2D eigenvalue weighted by Gasteiger charge is 2.45. The van der Waals surface area contributed by atoms with Crippen molar-refractivity contribution in [2.24, 2.45) is 11.5 Å². The fourth-order valence-electron chi connectivity index (χ4n) is 11.9. The minimum atomic E-state index is -2.17. The summed E-state index contributed by atoms with van der Waals surface area (Å²) < 4.78 is 36.6. The van der Waals surface area contributed by atoms with Gasteiger partial charge in [-0.1, -0.05) is 36.4 Å². The number of ether oxygens (including phenoxy) is 6. The molecule has 492 valence electrons. The fraction of sp³-hybridized carbons (Fsp3) is 0.258. The Labute approximate surface area is 538 Å². The lowest BCUT2D eigenvalue weighted by Crippen LogP contribution is -2.57. The number of phenols is 6. The van der Waals surface area contributed by atoms with E-state index in [-0.39, 0.29) is 79.5 Å². The van der Waals surface area contributed by atoms with Gasteiger partial charge in [0.25, 0.3) is 0 Å². The Morgan fingerprint density at radius 3 is 1.71 bits per heavy atom. The van der Waals surface area contributed by atoms with Crippen LogP contribution in [0.15, 0.2) is 121 Å². The second kappa shape index (κ2) is 25.4. The molecule has 7 aliphatic rings. The maximum Gasteiger partial charge on any atom is 0.333 e. The Bertz CT molecular complexity index is 4270. The SMILES string of the molecule is COC(=O)[C@H]1NC(=O)[C@H]2NC(=O)[C@H](NC(=O)[C@@H]3NC(=O)[C@@H]4NC(=O)[C@@H](NC(=O)[C@H](N)c5ccc(O)c(c5)Oc5cc4cc(O)c5C)[C@H](O)c4ccc(cc4)Oc4cc3cc(c4O)Oc3ccc(cc3)[C@H]2O[C@H]2C[C@@H](N)[C@@H](O)[C@H](C)O2)c2ccc(O)c(c2)-c2c(O)cc(O)cc21. The number of aliphatic hydroxyl groups is 2. The number of hydrogen-bond donors (Lipinski definition) is 16. The number of carbonyl (C=O) groups excluding carboxylic acids is 7. The number of fused-ring (bicyclic) bond motifs is 14. The third kappa shape index (κ3) is 12.4. The predicted octanol–water partition coefficient (Wildman–Crippen LogP) is 3.41. The van der Waals surface area contributed by atoms with E-state index in [2.05, 4.69) is 31.9 Å². The first-order valence-electron chi connectivity index (χ1n) is 29.6. The summed E-state index contributed by atoms with van der Waals surface area (Å²) in [6, 6.07) is 9.44. The van der Waals surface area contributed by atoms with Gasteiger partial charge in [0.05, 0.1) is 19.3 Å². The van der Waals surface area contributed by atoms with Crippen LogP contribution in [0.5, 0.6) is 69.0 Å². The molecule has 95 heavy (non-hydrogen) atoms. The van der Waals surface area contributed by atoms with Crippen molar-refractivity contribution in [1.29, 1.82) is 0 Å². The van der Waals surface area contributed by atoms with Crippen LogP contribution in [0.2, 0.25) is 0 Å². The zero-order valence-corrected chi connectivity index (χ0v) is 50.3. The van der Waals surface area contributed by atoms with Crippen LogP contribution in [0.25, 0.3) is 11.1 Å². The zero-order valence-electron chi connectivity index (χ0n) is 50.3. The first-order valence-corrected chi connectivity index (χ1v) is 29.6. The molecule has 13 atom stereocenters. The Balaban J connectivity index is 1.08. The van der Waals surface area contributed by atoms with Crippen molar-refractivity contribution in [3.05, 3.63) is 166 Å². The molecular formula is C66H62N8O21. The molecule has 18 N–H and O–H groups in total. The molecule has 1 fully saturated rings. The van der Waals surface area contributed by atoms with Crippen LogP contribution in [-0.2, 0) is 47.8 Å². The molecule has 6 amide bonds. The Kier molecular flexibility index (Phi) is 17.1. The summed E-state index contributed by atoms with van der Waals surface area (Å²) in [7, 11) is 0.985. The number of methoxy groups -OCH3 is 1. The first-order chi connectivity index (χ1) is 45.3. The fourth-order valence-corrected chi connectivity index (χ4v) is 11.9. The molecule has 29 heteroatoms. The molecule has 0 spiro atoms. The molecule has 0 aliphatic carbocycles. The molecule has 7 heterocycles. The van der Waals surface area contributed by atoms with E-state index in [0.717, 1.165) is 49.6 Å². The summed E-state index contributed by atoms with van der Waals surface area (Å²) in [5, 5.41) is 108. The monoisotopic (exact) mass is 1300 g/mol. The second-order valence-corrected chi connectivity index (χ2v) is 23.3. The lowest BCUT2D eigenvalue weighted by molar-refractivity contribution is -0.243. The van der Waals surface area contributed by atoms with Crippen LogP contribution in [-0.4, -0.2) is 126 Å². The minimum Gasteiger partial charge on any atom is -0.508 e. The number of esters is 1. The molecule has 29 nitrogen and oxygen atoms in total. The van der Waals surface area contributed by atoms with Crippen molar-refractivity contribution < 1.29 is 103 Å². The average molecular weight is 1300 g/mol. The van der Waals surface area contributed by atoms with Crippen LogP contribution in [0.4, 0.5) is 0 Å². The third-order valence-electron chi connectivity index (χ3n) is 17.1. The van der Waals surface area contributed by atoms with Crippen molar-refractivity contribution in [1.82, 2.24) is 31.9 Å². The van der Waals surface area contributed by atoms with Gasteiger partial charge in [-0.2, -0.15) is 0 Å². The van der Waals surface area contributed by atoms with Gasteiger partial charge < -0.3 is 113 Å². The van der Waals surface area contributed by atoms with Crippen LogP contribution in [0.1, 0.15) is 100 Å². The number of aromatic hydroxyl groups is 6.